The third-order valence-corrected chi connectivity index (χ3v) is 6.06. The quantitative estimate of drug-likeness (QED) is 0.412. The molecule has 4 atom stereocenters. The van der Waals surface area contributed by atoms with Crippen LogP contribution in [0.3, 0.4) is 0 Å². The van der Waals surface area contributed by atoms with Gasteiger partial charge in [-0.3, -0.25) is 16.0 Å². The molecule has 1 amide bonds. The molecule has 0 spiro atoms. The molecule has 4 rings (SSSR count). The Morgan fingerprint density at radius 1 is 1.34 bits per heavy atom. The Labute approximate surface area is 247 Å². The van der Waals surface area contributed by atoms with Gasteiger partial charge in [0, 0.05) is 64.6 Å². The zero-order valence-electron chi connectivity index (χ0n) is 22.2. The first kappa shape index (κ1) is 31.8. The van der Waals surface area contributed by atoms with E-state index in [2.05, 4.69) is 34.1 Å². The molecule has 0 aromatic carbocycles. The van der Waals surface area contributed by atoms with Crippen LogP contribution in [-0.4, -0.2) is 89.2 Å². The Morgan fingerprint density at radius 3 is 2.68 bits per heavy atom. The summed E-state index contributed by atoms with van der Waals surface area (Å²) >= 11 is 0. The SMILES string of the molecule is C=C1N(Cc2cn(C(C)CCOC)nn2)C(=O)C(C)=CN1C1CC(O)C(Cn2cc([CH2-])nn2)O1.C[C-]=O.[Y]. The van der Waals surface area contributed by atoms with Gasteiger partial charge in [-0.2, -0.15) is 12.0 Å². The first-order valence-electron chi connectivity index (χ1n) is 11.9. The molecule has 0 saturated carbocycles. The fourth-order valence-electron chi connectivity index (χ4n) is 4.07. The third kappa shape index (κ3) is 7.79. The molecule has 1 radical (unpaired) electrons. The molecule has 14 heteroatoms. The molecule has 0 bridgehead atoms. The van der Waals surface area contributed by atoms with Gasteiger partial charge in [0.05, 0.1) is 31.4 Å². The molecule has 4 unspecified atom stereocenters. The number of methoxy groups -OCH3 is 1. The Morgan fingerprint density at radius 2 is 2.05 bits per heavy atom. The van der Waals surface area contributed by atoms with E-state index < -0.39 is 18.4 Å². The number of rotatable bonds is 9. The predicted molar refractivity (Wildman–Crippen MR) is 132 cm³/mol. The average Bonchev–Trinajstić information content (AvgIpc) is 3.59. The summed E-state index contributed by atoms with van der Waals surface area (Å²) in [5.41, 5.74) is 1.73. The van der Waals surface area contributed by atoms with E-state index >= 15 is 0 Å². The van der Waals surface area contributed by atoms with Crippen molar-refractivity contribution in [1.29, 1.82) is 0 Å². The molecule has 205 valence electrons. The summed E-state index contributed by atoms with van der Waals surface area (Å²) in [6, 6.07) is 0.120. The molecule has 1 fully saturated rings. The summed E-state index contributed by atoms with van der Waals surface area (Å²) in [6.45, 7) is 14.2. The van der Waals surface area contributed by atoms with E-state index in [0.29, 0.717) is 42.4 Å². The van der Waals surface area contributed by atoms with Crippen LogP contribution >= 0.6 is 0 Å². The number of carbonyl (C=O) groups is 1. The van der Waals surface area contributed by atoms with Gasteiger partial charge in [0.2, 0.25) is 0 Å². The number of aromatic nitrogens is 6. The van der Waals surface area contributed by atoms with Crippen molar-refractivity contribution in [3.05, 3.63) is 54.9 Å². The van der Waals surface area contributed by atoms with Crippen LogP contribution in [0, 0.1) is 6.92 Å². The van der Waals surface area contributed by atoms with Gasteiger partial charge in [0.25, 0.3) is 5.91 Å². The molecule has 38 heavy (non-hydrogen) atoms. The Kier molecular flexibility index (Phi) is 12.2. The average molecular weight is 603 g/mol. The van der Waals surface area contributed by atoms with Crippen molar-refractivity contribution in [3.8, 4) is 0 Å². The van der Waals surface area contributed by atoms with Gasteiger partial charge < -0.3 is 29.0 Å². The maximum absolute atomic E-state index is 12.9. The number of aliphatic hydroxyl groups is 1. The Bertz CT molecular complexity index is 1120. The third-order valence-electron chi connectivity index (χ3n) is 6.06. The molecule has 1 N–H and O–H groups in total. The molecule has 0 aliphatic carbocycles. The fourth-order valence-corrected chi connectivity index (χ4v) is 4.07. The fraction of sp³-hybridized carbons (Fsp3) is 0.542. The second-order valence-corrected chi connectivity index (χ2v) is 8.92. The predicted octanol–water partition coefficient (Wildman–Crippen LogP) is 0.958. The number of aliphatic hydroxyl groups excluding tert-OH is 1. The summed E-state index contributed by atoms with van der Waals surface area (Å²) in [4.78, 5) is 25.0. The first-order valence-corrected chi connectivity index (χ1v) is 11.9. The number of hydrogen-bond acceptors (Lipinski definition) is 10. The minimum atomic E-state index is -0.705. The van der Waals surface area contributed by atoms with Crippen LogP contribution in [0.25, 0.3) is 0 Å². The molecular weight excluding hydrogens is 569 g/mol. The number of amides is 1. The van der Waals surface area contributed by atoms with Crippen molar-refractivity contribution in [2.75, 3.05) is 13.7 Å². The van der Waals surface area contributed by atoms with Gasteiger partial charge in [0.1, 0.15) is 23.8 Å². The van der Waals surface area contributed by atoms with Crippen molar-refractivity contribution >= 4 is 12.2 Å². The first-order chi connectivity index (χ1) is 17.7. The van der Waals surface area contributed by atoms with Crippen molar-refractivity contribution in [3.63, 3.8) is 0 Å². The normalized spacial score (nSPS) is 21.9. The van der Waals surface area contributed by atoms with Gasteiger partial charge in [0.15, 0.2) is 0 Å². The van der Waals surface area contributed by atoms with Crippen LogP contribution in [0.1, 0.15) is 51.0 Å². The van der Waals surface area contributed by atoms with Crippen molar-refractivity contribution in [2.24, 2.45) is 0 Å². The van der Waals surface area contributed by atoms with Crippen LogP contribution in [-0.2, 0) is 64.9 Å². The van der Waals surface area contributed by atoms with Gasteiger partial charge >= 0.3 is 0 Å². The molecule has 2 aromatic rings. The number of hydrogen-bond donors (Lipinski definition) is 1. The second-order valence-electron chi connectivity index (χ2n) is 8.92. The summed E-state index contributed by atoms with van der Waals surface area (Å²) in [5.74, 6) is 0.292. The van der Waals surface area contributed by atoms with Crippen LogP contribution < -0.4 is 0 Å². The maximum Gasteiger partial charge on any atom is 0.256 e. The molecule has 4 heterocycles. The molecule has 1 saturated heterocycles. The molecular formula is C24H34N8O5Y-2. The molecule has 2 aromatic heterocycles. The molecule has 13 nitrogen and oxygen atoms in total. The van der Waals surface area contributed by atoms with E-state index in [1.54, 1.807) is 45.6 Å². The van der Waals surface area contributed by atoms with Gasteiger partial charge in [-0.15, -0.1) is 5.10 Å². The topological polar surface area (TPSA) is 141 Å². The maximum atomic E-state index is 12.9. The number of nitrogens with zero attached hydrogens (tertiary/aromatic N) is 8. The van der Waals surface area contributed by atoms with E-state index in [4.69, 9.17) is 14.3 Å². The smallest absolute Gasteiger partial charge is 0.256 e. The van der Waals surface area contributed by atoms with Gasteiger partial charge in [-0.25, -0.2) is 11.6 Å². The van der Waals surface area contributed by atoms with Crippen LogP contribution in [0.5, 0.6) is 0 Å². The minimum absolute atomic E-state index is 0. The van der Waals surface area contributed by atoms with Gasteiger partial charge in [-0.1, -0.05) is 28.9 Å². The zero-order chi connectivity index (χ0) is 27.1. The Hall–Kier alpha value is -2.45. The van der Waals surface area contributed by atoms with Crippen LogP contribution in [0.2, 0.25) is 0 Å². The second kappa shape index (κ2) is 14.6. The zero-order valence-corrected chi connectivity index (χ0v) is 25.1. The van der Waals surface area contributed by atoms with Crippen LogP contribution in [0.4, 0.5) is 0 Å². The monoisotopic (exact) mass is 603 g/mol. The minimum Gasteiger partial charge on any atom is -0.542 e. The summed E-state index contributed by atoms with van der Waals surface area (Å²) < 4.78 is 14.6. The Balaban J connectivity index is 0.00000121. The largest absolute Gasteiger partial charge is 0.542 e. The van der Waals surface area contributed by atoms with E-state index in [1.165, 1.54) is 13.2 Å². The van der Waals surface area contributed by atoms with Gasteiger partial charge in [-0.05, 0) is 20.3 Å². The molecule has 2 aliphatic rings. The summed E-state index contributed by atoms with van der Waals surface area (Å²) in [5, 5.41) is 26.9. The summed E-state index contributed by atoms with van der Waals surface area (Å²) in [7, 11) is 1.66. The standard InChI is InChI=1S/C22H31N8O4.C2H3O.Y/c1-14-9-28(21-8-19(31)20(34-21)13-27-10-15(2)23-25-27)17(4)29(22(14)32)11-18-12-30(26-24-18)16(3)6-7-33-5;1-2-3;/h9-10,12,16,19-21,31H,2,4,6-8,11,13H2,1,3,5H3;1H3;/q2*-1;. The van der Waals surface area contributed by atoms with E-state index in [1.807, 2.05) is 13.1 Å². The van der Waals surface area contributed by atoms with E-state index in [0.717, 1.165) is 6.42 Å². The van der Waals surface area contributed by atoms with Crippen molar-refractivity contribution < 1.29 is 56.9 Å². The van der Waals surface area contributed by atoms with Crippen LogP contribution in [0.15, 0.2) is 36.6 Å². The van der Waals surface area contributed by atoms with E-state index in [-0.39, 0.29) is 51.2 Å². The number of carbonyl (C=O) groups excluding carboxylic acids is 2. The number of ether oxygens (including phenoxy) is 2. The van der Waals surface area contributed by atoms with Crippen molar-refractivity contribution in [1.82, 2.24) is 39.8 Å². The molecule has 2 aliphatic heterocycles. The van der Waals surface area contributed by atoms with Crippen molar-refractivity contribution in [2.45, 2.75) is 71.2 Å². The van der Waals surface area contributed by atoms with E-state index in [9.17, 15) is 9.90 Å². The summed E-state index contributed by atoms with van der Waals surface area (Å²) in [6.07, 6.45) is 6.23.